The van der Waals surface area contributed by atoms with Gasteiger partial charge in [0.1, 0.15) is 0 Å². The van der Waals surface area contributed by atoms with Crippen LogP contribution >= 0.6 is 0 Å². The highest BCUT2D eigenvalue weighted by Gasteiger charge is 2.24. The van der Waals surface area contributed by atoms with E-state index in [4.69, 9.17) is 4.74 Å². The van der Waals surface area contributed by atoms with Gasteiger partial charge in [0.25, 0.3) is 0 Å². The predicted molar refractivity (Wildman–Crippen MR) is 76.0 cm³/mol. The second-order valence-electron chi connectivity index (χ2n) is 5.78. The first-order chi connectivity index (χ1) is 8.47. The predicted octanol–water partition coefficient (Wildman–Crippen LogP) is 3.05. The molecule has 0 saturated heterocycles. The summed E-state index contributed by atoms with van der Waals surface area (Å²) >= 11 is 0. The zero-order valence-corrected chi connectivity index (χ0v) is 12.3. The van der Waals surface area contributed by atoms with Gasteiger partial charge in [-0.3, -0.25) is 0 Å². The molecule has 3 nitrogen and oxygen atoms in total. The van der Waals surface area contributed by atoms with E-state index in [0.29, 0.717) is 11.9 Å². The summed E-state index contributed by atoms with van der Waals surface area (Å²) in [6, 6.07) is 4.55. The molecule has 0 bridgehead atoms. The summed E-state index contributed by atoms with van der Waals surface area (Å²) in [5.41, 5.74) is 1.51. The molecule has 0 aliphatic rings. The Balaban J connectivity index is 2.75. The fraction of sp³-hybridized carbons (Fsp3) is 0.667. The van der Waals surface area contributed by atoms with Crippen LogP contribution in [0.1, 0.15) is 39.7 Å². The van der Waals surface area contributed by atoms with Gasteiger partial charge in [0.2, 0.25) is 5.88 Å². The SMILES string of the molecule is CCCNC(Cc1ccnc(OC)c1)C(C)(C)C. The minimum Gasteiger partial charge on any atom is -0.481 e. The Kier molecular flexibility index (Phi) is 5.60. The van der Waals surface area contributed by atoms with E-state index in [1.807, 2.05) is 12.3 Å². The Morgan fingerprint density at radius 3 is 2.67 bits per heavy atom. The Labute approximate surface area is 111 Å². The Morgan fingerprint density at radius 1 is 1.39 bits per heavy atom. The molecule has 0 radical (unpaired) electrons. The monoisotopic (exact) mass is 250 g/mol. The zero-order valence-electron chi connectivity index (χ0n) is 12.3. The van der Waals surface area contributed by atoms with E-state index in [9.17, 15) is 0 Å². The van der Waals surface area contributed by atoms with Crippen LogP contribution in [-0.4, -0.2) is 24.7 Å². The topological polar surface area (TPSA) is 34.2 Å². The molecule has 0 saturated carbocycles. The van der Waals surface area contributed by atoms with Crippen molar-refractivity contribution >= 4 is 0 Å². The first kappa shape index (κ1) is 15.0. The van der Waals surface area contributed by atoms with E-state index in [0.717, 1.165) is 19.4 Å². The number of nitrogens with zero attached hydrogens (tertiary/aromatic N) is 1. The molecule has 3 heteroatoms. The average molecular weight is 250 g/mol. The minimum atomic E-state index is 0.242. The van der Waals surface area contributed by atoms with Gasteiger partial charge in [-0.1, -0.05) is 27.7 Å². The van der Waals surface area contributed by atoms with Crippen molar-refractivity contribution in [3.63, 3.8) is 0 Å². The molecular formula is C15H26N2O. The van der Waals surface area contributed by atoms with Crippen LogP contribution in [0, 0.1) is 5.41 Å². The van der Waals surface area contributed by atoms with Crippen LogP contribution in [0.15, 0.2) is 18.3 Å². The fourth-order valence-electron chi connectivity index (χ4n) is 1.93. The van der Waals surface area contributed by atoms with Gasteiger partial charge in [0.05, 0.1) is 7.11 Å². The first-order valence-corrected chi connectivity index (χ1v) is 6.69. The van der Waals surface area contributed by atoms with Crippen molar-refractivity contribution in [1.29, 1.82) is 0 Å². The highest BCUT2D eigenvalue weighted by Crippen LogP contribution is 2.23. The Morgan fingerprint density at radius 2 is 2.11 bits per heavy atom. The lowest BCUT2D eigenvalue weighted by Crippen LogP contribution is -2.42. The first-order valence-electron chi connectivity index (χ1n) is 6.69. The Hall–Kier alpha value is -1.09. The third kappa shape index (κ3) is 4.65. The van der Waals surface area contributed by atoms with Gasteiger partial charge in [-0.05, 0) is 36.4 Å². The van der Waals surface area contributed by atoms with Gasteiger partial charge in [-0.2, -0.15) is 0 Å². The Bertz CT molecular complexity index is 358. The molecule has 0 aromatic carbocycles. The lowest BCUT2D eigenvalue weighted by atomic mass is 9.83. The van der Waals surface area contributed by atoms with Crippen LogP contribution in [0.5, 0.6) is 5.88 Å². The number of aromatic nitrogens is 1. The van der Waals surface area contributed by atoms with Crippen LogP contribution < -0.4 is 10.1 Å². The maximum atomic E-state index is 5.17. The lowest BCUT2D eigenvalue weighted by Gasteiger charge is -2.32. The number of hydrogen-bond acceptors (Lipinski definition) is 3. The second-order valence-corrected chi connectivity index (χ2v) is 5.78. The molecule has 1 atom stereocenters. The zero-order chi connectivity index (χ0) is 13.6. The largest absolute Gasteiger partial charge is 0.481 e. The highest BCUT2D eigenvalue weighted by molar-refractivity contribution is 5.21. The van der Waals surface area contributed by atoms with Crippen LogP contribution in [0.25, 0.3) is 0 Å². The van der Waals surface area contributed by atoms with Crippen molar-refractivity contribution in [2.75, 3.05) is 13.7 Å². The molecule has 102 valence electrons. The van der Waals surface area contributed by atoms with Crippen LogP contribution in [0.2, 0.25) is 0 Å². The van der Waals surface area contributed by atoms with E-state index in [1.54, 1.807) is 7.11 Å². The molecule has 0 aliphatic carbocycles. The maximum Gasteiger partial charge on any atom is 0.213 e. The molecule has 1 heterocycles. The molecule has 0 amide bonds. The van der Waals surface area contributed by atoms with Crippen molar-refractivity contribution < 1.29 is 4.74 Å². The van der Waals surface area contributed by atoms with Gasteiger partial charge in [0.15, 0.2) is 0 Å². The minimum absolute atomic E-state index is 0.242. The van der Waals surface area contributed by atoms with Gasteiger partial charge < -0.3 is 10.1 Å². The standard InChI is InChI=1S/C15H26N2O/c1-6-8-16-13(15(2,3)4)10-12-7-9-17-14(11-12)18-5/h7,9,11,13,16H,6,8,10H2,1-5H3. The summed E-state index contributed by atoms with van der Waals surface area (Å²) in [5.74, 6) is 0.690. The van der Waals surface area contributed by atoms with Gasteiger partial charge in [-0.15, -0.1) is 0 Å². The number of nitrogens with one attached hydrogen (secondary N) is 1. The summed E-state index contributed by atoms with van der Waals surface area (Å²) in [4.78, 5) is 4.15. The van der Waals surface area contributed by atoms with E-state index < -0.39 is 0 Å². The van der Waals surface area contributed by atoms with Crippen molar-refractivity contribution in [2.24, 2.45) is 5.41 Å². The van der Waals surface area contributed by atoms with E-state index in [-0.39, 0.29) is 5.41 Å². The molecule has 0 aliphatic heterocycles. The molecule has 1 unspecified atom stereocenters. The van der Waals surface area contributed by atoms with E-state index in [1.165, 1.54) is 5.56 Å². The number of pyridine rings is 1. The third-order valence-electron chi connectivity index (χ3n) is 3.13. The van der Waals surface area contributed by atoms with E-state index in [2.05, 4.69) is 44.1 Å². The number of methoxy groups -OCH3 is 1. The summed E-state index contributed by atoms with van der Waals surface area (Å²) < 4.78 is 5.17. The summed E-state index contributed by atoms with van der Waals surface area (Å²) in [5, 5.41) is 3.63. The quantitative estimate of drug-likeness (QED) is 0.842. The molecular weight excluding hydrogens is 224 g/mol. The van der Waals surface area contributed by atoms with Gasteiger partial charge >= 0.3 is 0 Å². The molecule has 0 fully saturated rings. The molecule has 1 rings (SSSR count). The number of hydrogen-bond donors (Lipinski definition) is 1. The summed E-state index contributed by atoms with van der Waals surface area (Å²) in [7, 11) is 1.66. The van der Waals surface area contributed by atoms with Crippen LogP contribution in [0.4, 0.5) is 0 Å². The molecule has 1 N–H and O–H groups in total. The third-order valence-corrected chi connectivity index (χ3v) is 3.13. The van der Waals surface area contributed by atoms with Crippen LogP contribution in [0.3, 0.4) is 0 Å². The number of rotatable bonds is 6. The van der Waals surface area contributed by atoms with Crippen molar-refractivity contribution in [3.05, 3.63) is 23.9 Å². The van der Waals surface area contributed by atoms with Crippen molar-refractivity contribution in [2.45, 2.75) is 46.6 Å². The highest BCUT2D eigenvalue weighted by atomic mass is 16.5. The lowest BCUT2D eigenvalue weighted by molar-refractivity contribution is 0.266. The van der Waals surface area contributed by atoms with Gasteiger partial charge in [0, 0.05) is 18.3 Å². The summed E-state index contributed by atoms with van der Waals surface area (Å²) in [6.07, 6.45) is 3.97. The van der Waals surface area contributed by atoms with E-state index >= 15 is 0 Å². The fourth-order valence-corrected chi connectivity index (χ4v) is 1.93. The normalized spacial score (nSPS) is 13.4. The second kappa shape index (κ2) is 6.74. The molecule has 0 spiro atoms. The van der Waals surface area contributed by atoms with Gasteiger partial charge in [-0.25, -0.2) is 4.98 Å². The van der Waals surface area contributed by atoms with Crippen LogP contribution in [-0.2, 0) is 6.42 Å². The summed E-state index contributed by atoms with van der Waals surface area (Å²) in [6.45, 7) is 10.1. The molecule has 1 aromatic rings. The average Bonchev–Trinajstić information content (AvgIpc) is 2.33. The smallest absolute Gasteiger partial charge is 0.213 e. The van der Waals surface area contributed by atoms with Crippen molar-refractivity contribution in [1.82, 2.24) is 10.3 Å². The number of ether oxygens (including phenoxy) is 1. The maximum absolute atomic E-state index is 5.17. The molecule has 1 aromatic heterocycles. The molecule has 18 heavy (non-hydrogen) atoms. The van der Waals surface area contributed by atoms with Crippen molar-refractivity contribution in [3.8, 4) is 5.88 Å².